The number of hydrogen-bond acceptors (Lipinski definition) is 3. The maximum absolute atomic E-state index is 3.54. The normalized spacial score (nSPS) is 20.2. The number of nitrogens with zero attached hydrogens (tertiary/aromatic N) is 1. The summed E-state index contributed by atoms with van der Waals surface area (Å²) in [7, 11) is 0. The van der Waals surface area contributed by atoms with Crippen LogP contribution in [0.25, 0.3) is 0 Å². The van der Waals surface area contributed by atoms with Crippen molar-refractivity contribution in [1.82, 2.24) is 4.48 Å². The van der Waals surface area contributed by atoms with Gasteiger partial charge in [0.05, 0.1) is 28.7 Å². The van der Waals surface area contributed by atoms with Crippen LogP contribution >= 0.6 is 23.5 Å². The van der Waals surface area contributed by atoms with Gasteiger partial charge in [0.25, 0.3) is 0 Å². The third-order valence-corrected chi connectivity index (χ3v) is 8.72. The predicted octanol–water partition coefficient (Wildman–Crippen LogP) is 8.42. The first-order chi connectivity index (χ1) is 15.3. The molecule has 2 heterocycles. The molecular weight excluding hydrogens is 416 g/mol. The van der Waals surface area contributed by atoms with Gasteiger partial charge in [-0.3, -0.25) is 4.48 Å². The van der Waals surface area contributed by atoms with Crippen molar-refractivity contribution >= 4 is 34.9 Å². The topological polar surface area (TPSA) is 12.0 Å². The van der Waals surface area contributed by atoms with Crippen molar-refractivity contribution in [1.29, 1.82) is 0 Å². The van der Waals surface area contributed by atoms with Crippen molar-refractivity contribution in [3.8, 4) is 0 Å². The third kappa shape index (κ3) is 5.08. The van der Waals surface area contributed by atoms with Crippen LogP contribution in [0.3, 0.4) is 0 Å². The summed E-state index contributed by atoms with van der Waals surface area (Å²) in [4.78, 5) is 2.78. The largest absolute Gasteiger partial charge is 0.349 e. The fourth-order valence-corrected chi connectivity index (χ4v) is 7.04. The summed E-state index contributed by atoms with van der Waals surface area (Å²) < 4.78 is 1.11. The first-order valence-corrected chi connectivity index (χ1v) is 13.5. The lowest BCUT2D eigenvalue weighted by Crippen LogP contribution is -2.53. The van der Waals surface area contributed by atoms with Crippen LogP contribution in [-0.4, -0.2) is 18.5 Å². The summed E-state index contributed by atoms with van der Waals surface area (Å²) in [6.45, 7) is 7.10. The molecule has 0 aromatic heterocycles. The number of rotatable bonds is 10. The number of quaternary nitrogens is 1. The van der Waals surface area contributed by atoms with E-state index in [1.165, 1.54) is 72.1 Å². The Kier molecular flexibility index (Phi) is 7.86. The van der Waals surface area contributed by atoms with E-state index in [0.717, 1.165) is 4.48 Å². The SMILES string of the molecule is CCCCC[N+]1(CCCCC)c2ccccc2SC1/C=C/C=C1\Nc2ccccc2S1. The van der Waals surface area contributed by atoms with Gasteiger partial charge in [0, 0.05) is 11.0 Å². The molecule has 0 saturated heterocycles. The number of benzene rings is 2. The molecule has 0 fully saturated rings. The highest BCUT2D eigenvalue weighted by Crippen LogP contribution is 2.50. The average Bonchev–Trinajstić information content (AvgIpc) is 3.33. The average molecular weight is 452 g/mol. The molecule has 2 aliphatic heterocycles. The molecule has 2 aliphatic rings. The molecule has 0 spiro atoms. The molecule has 31 heavy (non-hydrogen) atoms. The molecule has 1 unspecified atom stereocenters. The Hall–Kier alpha value is -1.62. The third-order valence-electron chi connectivity index (χ3n) is 6.29. The number of thioether (sulfide) groups is 2. The van der Waals surface area contributed by atoms with Crippen LogP contribution in [0, 0.1) is 0 Å². The van der Waals surface area contributed by atoms with Crippen molar-refractivity contribution in [2.24, 2.45) is 0 Å². The van der Waals surface area contributed by atoms with Gasteiger partial charge in [-0.05, 0) is 56.0 Å². The molecule has 0 amide bonds. The van der Waals surface area contributed by atoms with Crippen LogP contribution in [0.2, 0.25) is 0 Å². The Balaban J connectivity index is 1.56. The lowest BCUT2D eigenvalue weighted by molar-refractivity contribution is 0.271. The zero-order valence-electron chi connectivity index (χ0n) is 18.8. The maximum atomic E-state index is 3.54. The molecule has 2 nitrogen and oxygen atoms in total. The lowest BCUT2D eigenvalue weighted by atomic mass is 10.1. The zero-order chi connectivity index (χ0) is 21.5. The summed E-state index contributed by atoms with van der Waals surface area (Å²) in [5, 5.41) is 5.21. The van der Waals surface area contributed by atoms with E-state index in [1.54, 1.807) is 5.69 Å². The highest BCUT2D eigenvalue weighted by molar-refractivity contribution is 8.03. The summed E-state index contributed by atoms with van der Waals surface area (Å²) in [6.07, 6.45) is 14.8. The molecule has 1 atom stereocenters. The van der Waals surface area contributed by atoms with Gasteiger partial charge in [-0.1, -0.05) is 80.6 Å². The molecule has 0 bridgehead atoms. The van der Waals surface area contributed by atoms with E-state index < -0.39 is 0 Å². The van der Waals surface area contributed by atoms with Gasteiger partial charge in [-0.2, -0.15) is 0 Å². The molecule has 4 heteroatoms. The molecule has 2 aromatic carbocycles. The Bertz CT molecular complexity index is 897. The lowest BCUT2D eigenvalue weighted by Gasteiger charge is -2.38. The fourth-order valence-electron chi connectivity index (χ4n) is 4.64. The number of hydrogen-bond donors (Lipinski definition) is 1. The molecule has 0 aliphatic carbocycles. The van der Waals surface area contributed by atoms with Gasteiger partial charge in [0.2, 0.25) is 0 Å². The molecule has 0 saturated carbocycles. The quantitative estimate of drug-likeness (QED) is 0.287. The fraction of sp³-hybridized carbons (Fsp3) is 0.407. The highest BCUT2D eigenvalue weighted by atomic mass is 32.2. The van der Waals surface area contributed by atoms with Gasteiger partial charge in [-0.15, -0.1) is 0 Å². The van der Waals surface area contributed by atoms with E-state index in [-0.39, 0.29) is 0 Å². The van der Waals surface area contributed by atoms with Crippen molar-refractivity contribution in [2.45, 2.75) is 67.5 Å². The van der Waals surface area contributed by atoms with Crippen LogP contribution in [0.5, 0.6) is 0 Å². The van der Waals surface area contributed by atoms with Crippen LogP contribution in [-0.2, 0) is 0 Å². The van der Waals surface area contributed by atoms with Crippen molar-refractivity contribution in [2.75, 3.05) is 18.4 Å². The van der Waals surface area contributed by atoms with Crippen LogP contribution in [0.1, 0.15) is 52.4 Å². The minimum atomic E-state index is 0.455. The Labute approximate surface area is 196 Å². The summed E-state index contributed by atoms with van der Waals surface area (Å²) in [6, 6.07) is 17.7. The van der Waals surface area contributed by atoms with Gasteiger partial charge in [0.1, 0.15) is 5.69 Å². The Morgan fingerprint density at radius 1 is 0.871 bits per heavy atom. The van der Waals surface area contributed by atoms with Gasteiger partial charge >= 0.3 is 0 Å². The number of unbranched alkanes of at least 4 members (excludes halogenated alkanes) is 4. The number of allylic oxidation sites excluding steroid dienone is 2. The smallest absolute Gasteiger partial charge is 0.164 e. The highest BCUT2D eigenvalue weighted by Gasteiger charge is 2.45. The van der Waals surface area contributed by atoms with E-state index in [0.29, 0.717) is 5.37 Å². The summed E-state index contributed by atoms with van der Waals surface area (Å²) >= 11 is 3.88. The monoisotopic (exact) mass is 451 g/mol. The number of nitrogens with one attached hydrogen (secondary N) is 1. The molecule has 1 N–H and O–H groups in total. The molecule has 2 aromatic rings. The second-order valence-electron chi connectivity index (χ2n) is 8.51. The van der Waals surface area contributed by atoms with Crippen molar-refractivity contribution < 1.29 is 0 Å². The number of para-hydroxylation sites is 2. The van der Waals surface area contributed by atoms with Crippen molar-refractivity contribution in [3.05, 3.63) is 71.8 Å². The number of fused-ring (bicyclic) bond motifs is 2. The van der Waals surface area contributed by atoms with Crippen molar-refractivity contribution in [3.63, 3.8) is 0 Å². The van der Waals surface area contributed by atoms with Gasteiger partial charge in [0.15, 0.2) is 5.37 Å². The Morgan fingerprint density at radius 2 is 1.55 bits per heavy atom. The van der Waals surface area contributed by atoms with E-state index in [9.17, 15) is 0 Å². The number of anilines is 1. The van der Waals surface area contributed by atoms with Crippen LogP contribution < -0.4 is 9.80 Å². The molecule has 164 valence electrons. The predicted molar refractivity (Wildman–Crippen MR) is 140 cm³/mol. The zero-order valence-corrected chi connectivity index (χ0v) is 20.5. The van der Waals surface area contributed by atoms with Gasteiger partial charge in [-0.25, -0.2) is 0 Å². The minimum absolute atomic E-state index is 0.455. The van der Waals surface area contributed by atoms with E-state index >= 15 is 0 Å². The van der Waals surface area contributed by atoms with Gasteiger partial charge < -0.3 is 5.32 Å². The van der Waals surface area contributed by atoms with E-state index in [1.807, 2.05) is 11.8 Å². The first kappa shape index (κ1) is 22.6. The van der Waals surface area contributed by atoms with E-state index in [4.69, 9.17) is 0 Å². The maximum Gasteiger partial charge on any atom is 0.164 e. The summed E-state index contributed by atoms with van der Waals surface area (Å²) in [5.74, 6) is 0. The summed E-state index contributed by atoms with van der Waals surface area (Å²) in [5.41, 5.74) is 2.77. The van der Waals surface area contributed by atoms with E-state index in [2.05, 4.69) is 97.7 Å². The standard InChI is InChI=1S/C27H35N2S2/c1-3-5-11-20-29(21-12-6-4-2)23-15-8-10-17-25(23)31-27(29)19-13-18-26-28-22-14-7-9-16-24(22)30-26/h7-10,13-19,27-28H,3-6,11-12,20-21H2,1-2H3/q+1/b19-13+,26-18+. The van der Waals surface area contributed by atoms with Crippen LogP contribution in [0.15, 0.2) is 81.6 Å². The second kappa shape index (κ2) is 10.8. The second-order valence-corrected chi connectivity index (χ2v) is 10.8. The first-order valence-electron chi connectivity index (χ1n) is 11.8. The molecule has 0 radical (unpaired) electrons. The molecular formula is C27H35N2S2+. The molecule has 4 rings (SSSR count). The minimum Gasteiger partial charge on any atom is -0.349 e. The Morgan fingerprint density at radius 3 is 2.26 bits per heavy atom. The van der Waals surface area contributed by atoms with Crippen LogP contribution in [0.4, 0.5) is 11.4 Å².